The molecule has 0 aliphatic rings. The molecule has 5 nitrogen and oxygen atoms in total. The van der Waals surface area contributed by atoms with E-state index in [1.54, 1.807) is 13.4 Å². The van der Waals surface area contributed by atoms with Gasteiger partial charge in [-0.05, 0) is 20.0 Å². The third-order valence-corrected chi connectivity index (χ3v) is 6.28. The number of rotatable bonds is 8. The molecule has 1 aromatic heterocycles. The number of imidazole rings is 1. The van der Waals surface area contributed by atoms with Gasteiger partial charge in [0.05, 0.1) is 12.0 Å². The molecule has 1 N–H and O–H groups in total. The number of ether oxygens (including phenoxy) is 1. The second kappa shape index (κ2) is 10.2. The largest absolute Gasteiger partial charge is 0.443 e. The smallest absolute Gasteiger partial charge is 0.325 e. The SMILES string of the molecule is CN[C@H](Cc1cn(C)cn1)C(=O)OC(c1ccccc1)(c1ccc(C)cc1)c1ccccc1Cl. The van der Waals surface area contributed by atoms with Gasteiger partial charge in [0.1, 0.15) is 6.04 Å². The summed E-state index contributed by atoms with van der Waals surface area (Å²) in [5.41, 5.74) is 3.01. The Morgan fingerprint density at radius 2 is 1.68 bits per heavy atom. The van der Waals surface area contributed by atoms with Crippen molar-refractivity contribution in [3.8, 4) is 0 Å². The van der Waals surface area contributed by atoms with E-state index in [-0.39, 0.29) is 0 Å². The number of esters is 1. The summed E-state index contributed by atoms with van der Waals surface area (Å²) < 4.78 is 8.39. The molecule has 1 unspecified atom stereocenters. The zero-order valence-electron chi connectivity index (χ0n) is 19.5. The standard InChI is InChI=1S/C28H28ClN3O2/c1-20-13-15-22(16-14-20)28(21-9-5-4-6-10-21,24-11-7-8-12-25(24)29)34-27(33)26(30-2)17-23-18-32(3)19-31-23/h4-16,18-19,26,30H,17H2,1-3H3/t26-,28?/m1/s1. The van der Waals surface area contributed by atoms with E-state index in [1.165, 1.54) is 0 Å². The van der Waals surface area contributed by atoms with Crippen LogP contribution in [0.25, 0.3) is 0 Å². The Hall–Kier alpha value is -3.41. The molecule has 0 spiro atoms. The number of hydrogen-bond acceptors (Lipinski definition) is 4. The number of halogens is 1. The van der Waals surface area contributed by atoms with Crippen molar-refractivity contribution in [3.05, 3.63) is 124 Å². The molecule has 0 radical (unpaired) electrons. The highest BCUT2D eigenvalue weighted by atomic mass is 35.5. The third-order valence-electron chi connectivity index (χ3n) is 5.95. The zero-order chi connectivity index (χ0) is 24.1. The zero-order valence-corrected chi connectivity index (χ0v) is 20.3. The fraction of sp³-hybridized carbons (Fsp3) is 0.214. The van der Waals surface area contributed by atoms with Gasteiger partial charge in [-0.2, -0.15) is 0 Å². The van der Waals surface area contributed by atoms with Crippen molar-refractivity contribution < 1.29 is 9.53 Å². The molecule has 0 aliphatic carbocycles. The number of likely N-dealkylation sites (N-methyl/N-ethyl adjacent to an activating group) is 1. The quantitative estimate of drug-likeness (QED) is 0.287. The van der Waals surface area contributed by atoms with Gasteiger partial charge in [-0.3, -0.25) is 4.79 Å². The monoisotopic (exact) mass is 473 g/mol. The van der Waals surface area contributed by atoms with E-state index < -0.39 is 17.6 Å². The first-order chi connectivity index (χ1) is 16.4. The Morgan fingerprint density at radius 1 is 1.03 bits per heavy atom. The van der Waals surface area contributed by atoms with Crippen LogP contribution in [-0.4, -0.2) is 28.6 Å². The summed E-state index contributed by atoms with van der Waals surface area (Å²) in [5, 5.41) is 3.62. The summed E-state index contributed by atoms with van der Waals surface area (Å²) in [6.45, 7) is 2.03. The predicted molar refractivity (Wildman–Crippen MR) is 135 cm³/mol. The molecule has 34 heavy (non-hydrogen) atoms. The van der Waals surface area contributed by atoms with Gasteiger partial charge < -0.3 is 14.6 Å². The summed E-state index contributed by atoms with van der Waals surface area (Å²) in [7, 11) is 3.65. The van der Waals surface area contributed by atoms with Crippen LogP contribution in [-0.2, 0) is 28.6 Å². The average Bonchev–Trinajstić information content (AvgIpc) is 3.27. The number of carbonyl (C=O) groups is 1. The van der Waals surface area contributed by atoms with Crippen LogP contribution in [0.1, 0.15) is 27.9 Å². The Labute approximate surface area is 205 Å². The second-order valence-electron chi connectivity index (χ2n) is 8.39. The number of benzene rings is 3. The first-order valence-electron chi connectivity index (χ1n) is 11.2. The lowest BCUT2D eigenvalue weighted by Crippen LogP contribution is -2.44. The maximum atomic E-state index is 13.7. The normalized spacial score (nSPS) is 13.8. The van der Waals surface area contributed by atoms with Gasteiger partial charge in [-0.25, -0.2) is 4.98 Å². The van der Waals surface area contributed by atoms with E-state index in [4.69, 9.17) is 16.3 Å². The lowest BCUT2D eigenvalue weighted by Gasteiger charge is -2.37. The molecule has 0 amide bonds. The van der Waals surface area contributed by atoms with Crippen molar-refractivity contribution in [1.29, 1.82) is 0 Å². The maximum Gasteiger partial charge on any atom is 0.325 e. The van der Waals surface area contributed by atoms with Gasteiger partial charge in [0, 0.05) is 41.4 Å². The van der Waals surface area contributed by atoms with E-state index in [9.17, 15) is 4.79 Å². The Bertz CT molecular complexity index is 1250. The summed E-state index contributed by atoms with van der Waals surface area (Å²) >= 11 is 6.75. The minimum absolute atomic E-state index is 0.391. The van der Waals surface area contributed by atoms with Crippen molar-refractivity contribution in [3.63, 3.8) is 0 Å². The number of carbonyl (C=O) groups excluding carboxylic acids is 1. The maximum absolute atomic E-state index is 13.7. The molecular weight excluding hydrogens is 446 g/mol. The molecule has 4 rings (SSSR count). The number of hydrogen-bond donors (Lipinski definition) is 1. The van der Waals surface area contributed by atoms with Gasteiger partial charge >= 0.3 is 5.97 Å². The van der Waals surface area contributed by atoms with Crippen molar-refractivity contribution in [2.45, 2.75) is 25.0 Å². The average molecular weight is 474 g/mol. The molecule has 0 saturated heterocycles. The van der Waals surface area contributed by atoms with E-state index in [0.29, 0.717) is 17.0 Å². The van der Waals surface area contributed by atoms with Crippen molar-refractivity contribution in [2.75, 3.05) is 7.05 Å². The van der Waals surface area contributed by atoms with Crippen molar-refractivity contribution >= 4 is 17.6 Å². The summed E-state index contributed by atoms with van der Waals surface area (Å²) in [6, 6.07) is 24.7. The van der Waals surface area contributed by atoms with E-state index in [0.717, 1.165) is 22.4 Å². The molecular formula is C28H28ClN3O2. The summed E-state index contributed by atoms with van der Waals surface area (Å²) in [4.78, 5) is 18.1. The minimum Gasteiger partial charge on any atom is -0.443 e. The molecule has 0 fully saturated rings. The molecule has 2 atom stereocenters. The molecule has 4 aromatic rings. The second-order valence-corrected chi connectivity index (χ2v) is 8.80. The Morgan fingerprint density at radius 3 is 2.29 bits per heavy atom. The summed E-state index contributed by atoms with van der Waals surface area (Å²) in [5.74, 6) is -0.391. The van der Waals surface area contributed by atoms with Gasteiger partial charge in [-0.15, -0.1) is 0 Å². The van der Waals surface area contributed by atoms with Crippen LogP contribution >= 0.6 is 11.6 Å². The van der Waals surface area contributed by atoms with Crippen molar-refractivity contribution in [2.24, 2.45) is 7.05 Å². The van der Waals surface area contributed by atoms with Crippen molar-refractivity contribution in [1.82, 2.24) is 14.9 Å². The van der Waals surface area contributed by atoms with Crippen LogP contribution < -0.4 is 5.32 Å². The highest BCUT2D eigenvalue weighted by molar-refractivity contribution is 6.31. The van der Waals surface area contributed by atoms with E-state index in [1.807, 2.05) is 104 Å². The molecule has 6 heteroatoms. The molecule has 0 aliphatic heterocycles. The van der Waals surface area contributed by atoms with Crippen LogP contribution in [0.3, 0.4) is 0 Å². The highest BCUT2D eigenvalue weighted by Gasteiger charge is 2.43. The topological polar surface area (TPSA) is 56.2 Å². The van der Waals surface area contributed by atoms with E-state index >= 15 is 0 Å². The van der Waals surface area contributed by atoms with Crippen LogP contribution in [0.15, 0.2) is 91.4 Å². The predicted octanol–water partition coefficient (Wildman–Crippen LogP) is 5.05. The number of nitrogens with one attached hydrogen (secondary N) is 1. The van der Waals surface area contributed by atoms with Crippen LogP contribution in [0.2, 0.25) is 5.02 Å². The van der Waals surface area contributed by atoms with Crippen LogP contribution in [0.5, 0.6) is 0 Å². The summed E-state index contributed by atoms with van der Waals surface area (Å²) in [6.07, 6.45) is 4.02. The number of nitrogens with zero attached hydrogens (tertiary/aromatic N) is 2. The molecule has 3 aromatic carbocycles. The molecule has 174 valence electrons. The van der Waals surface area contributed by atoms with E-state index in [2.05, 4.69) is 10.3 Å². The van der Waals surface area contributed by atoms with Crippen LogP contribution in [0.4, 0.5) is 0 Å². The van der Waals surface area contributed by atoms with Gasteiger partial charge in [0.25, 0.3) is 0 Å². The molecule has 0 bridgehead atoms. The Balaban J connectivity index is 1.86. The first-order valence-corrected chi connectivity index (χ1v) is 11.6. The molecule has 1 heterocycles. The lowest BCUT2D eigenvalue weighted by molar-refractivity contribution is -0.156. The third kappa shape index (κ3) is 4.76. The fourth-order valence-corrected chi connectivity index (χ4v) is 4.43. The minimum atomic E-state index is -1.23. The fourth-order valence-electron chi connectivity index (χ4n) is 4.17. The van der Waals surface area contributed by atoms with Gasteiger partial charge in [0.15, 0.2) is 5.60 Å². The first kappa shape index (κ1) is 23.7. The molecule has 0 saturated carbocycles. The van der Waals surface area contributed by atoms with Crippen LogP contribution in [0, 0.1) is 6.92 Å². The number of aryl methyl sites for hydroxylation is 2. The van der Waals surface area contributed by atoms with Gasteiger partial charge in [-0.1, -0.05) is 90.0 Å². The highest BCUT2D eigenvalue weighted by Crippen LogP contribution is 2.43. The van der Waals surface area contributed by atoms with Gasteiger partial charge in [0.2, 0.25) is 0 Å². The number of aromatic nitrogens is 2. The Kier molecular flexibility index (Phi) is 7.15. The lowest BCUT2D eigenvalue weighted by atomic mass is 9.79.